The Hall–Kier alpha value is -0.600. The molecule has 0 saturated heterocycles. The standard InChI is InChI=1S/C14H21BrF2N2O2S/c1-10(9-13(2,3)22(18)20)14(16,17)5-7-21-12-8-11(15)4-6-19-12/h4,6,8,10H,5,7,9,18H2,1-3H3/t10-,22?/m0/s1. The summed E-state index contributed by atoms with van der Waals surface area (Å²) in [4.78, 5) is 3.93. The molecule has 1 aromatic rings. The lowest BCUT2D eigenvalue weighted by molar-refractivity contribution is -0.0714. The Kier molecular flexibility index (Phi) is 6.88. The van der Waals surface area contributed by atoms with E-state index in [0.717, 1.165) is 4.47 Å². The van der Waals surface area contributed by atoms with Crippen molar-refractivity contribution >= 4 is 26.9 Å². The van der Waals surface area contributed by atoms with E-state index in [1.165, 1.54) is 13.1 Å². The van der Waals surface area contributed by atoms with Gasteiger partial charge in [0.1, 0.15) is 0 Å². The molecule has 22 heavy (non-hydrogen) atoms. The van der Waals surface area contributed by atoms with Gasteiger partial charge in [-0.3, -0.25) is 5.14 Å². The Bertz CT molecular complexity index is 529. The zero-order chi connectivity index (χ0) is 17.0. The first-order valence-corrected chi connectivity index (χ1v) is 8.83. The normalized spacial score (nSPS) is 15.4. The number of halogens is 3. The van der Waals surface area contributed by atoms with E-state index in [1.807, 2.05) is 0 Å². The molecule has 2 N–H and O–H groups in total. The van der Waals surface area contributed by atoms with E-state index in [2.05, 4.69) is 20.9 Å². The Balaban J connectivity index is 2.54. The molecular weight excluding hydrogens is 378 g/mol. The van der Waals surface area contributed by atoms with Crippen molar-refractivity contribution in [3.05, 3.63) is 22.8 Å². The van der Waals surface area contributed by atoms with Crippen molar-refractivity contribution in [2.24, 2.45) is 11.1 Å². The van der Waals surface area contributed by atoms with E-state index in [9.17, 15) is 13.0 Å². The second-order valence-corrected chi connectivity index (χ2v) is 8.45. The molecule has 0 spiro atoms. The molecule has 2 atom stereocenters. The summed E-state index contributed by atoms with van der Waals surface area (Å²) < 4.78 is 44.8. The maximum atomic E-state index is 14.1. The van der Waals surface area contributed by atoms with Crippen LogP contribution in [0.15, 0.2) is 22.8 Å². The highest BCUT2D eigenvalue weighted by molar-refractivity contribution is 9.10. The minimum atomic E-state index is -2.93. The molecule has 0 aliphatic carbocycles. The third-order valence-corrected chi connectivity index (χ3v) is 5.19. The number of hydrogen-bond acceptors (Lipinski definition) is 3. The van der Waals surface area contributed by atoms with Gasteiger partial charge in [-0.25, -0.2) is 18.0 Å². The van der Waals surface area contributed by atoms with Crippen molar-refractivity contribution in [3.63, 3.8) is 0 Å². The van der Waals surface area contributed by atoms with Gasteiger partial charge in [0.2, 0.25) is 5.88 Å². The van der Waals surface area contributed by atoms with Gasteiger partial charge in [-0.05, 0) is 26.3 Å². The topological polar surface area (TPSA) is 65.2 Å². The monoisotopic (exact) mass is 398 g/mol. The van der Waals surface area contributed by atoms with Crippen molar-refractivity contribution in [1.82, 2.24) is 4.98 Å². The molecule has 1 heterocycles. The van der Waals surface area contributed by atoms with Crippen molar-refractivity contribution in [2.75, 3.05) is 6.61 Å². The quantitative estimate of drug-likeness (QED) is 0.726. The fourth-order valence-electron chi connectivity index (χ4n) is 1.97. The molecule has 0 aliphatic heterocycles. The first-order valence-electron chi connectivity index (χ1n) is 6.83. The molecule has 8 heteroatoms. The number of ether oxygens (including phenoxy) is 1. The molecule has 0 aliphatic rings. The molecule has 0 bridgehead atoms. The van der Waals surface area contributed by atoms with E-state index in [4.69, 9.17) is 9.88 Å². The van der Waals surface area contributed by atoms with Crippen LogP contribution >= 0.6 is 15.9 Å². The highest BCUT2D eigenvalue weighted by atomic mass is 79.9. The van der Waals surface area contributed by atoms with Crippen LogP contribution in [0.25, 0.3) is 0 Å². The fraction of sp³-hybridized carbons (Fsp3) is 0.643. The molecule has 1 rings (SSSR count). The lowest BCUT2D eigenvalue weighted by atomic mass is 9.91. The van der Waals surface area contributed by atoms with Gasteiger partial charge in [0.25, 0.3) is 5.92 Å². The van der Waals surface area contributed by atoms with Gasteiger partial charge in [-0.2, -0.15) is 0 Å². The molecular formula is C14H21BrF2N2O2S. The van der Waals surface area contributed by atoms with Gasteiger partial charge in [0, 0.05) is 29.1 Å². The zero-order valence-corrected chi connectivity index (χ0v) is 15.2. The lowest BCUT2D eigenvalue weighted by Gasteiger charge is -2.30. The molecule has 0 amide bonds. The van der Waals surface area contributed by atoms with Gasteiger partial charge >= 0.3 is 0 Å². The van der Waals surface area contributed by atoms with Crippen molar-refractivity contribution < 1.29 is 17.7 Å². The van der Waals surface area contributed by atoms with Crippen LogP contribution in [-0.2, 0) is 11.0 Å². The van der Waals surface area contributed by atoms with Crippen LogP contribution in [0.3, 0.4) is 0 Å². The SMILES string of the molecule is C[C@@H](CC(C)(C)S(N)=O)C(F)(F)CCOc1cc(Br)ccn1. The minimum absolute atomic E-state index is 0.0677. The summed E-state index contributed by atoms with van der Waals surface area (Å²) >= 11 is 3.25. The van der Waals surface area contributed by atoms with Crippen LogP contribution in [0.5, 0.6) is 5.88 Å². The average molecular weight is 399 g/mol. The van der Waals surface area contributed by atoms with Crippen LogP contribution in [0.1, 0.15) is 33.6 Å². The number of rotatable bonds is 8. The summed E-state index contributed by atoms with van der Waals surface area (Å²) in [6.07, 6.45) is 1.16. The van der Waals surface area contributed by atoms with Gasteiger partial charge < -0.3 is 4.74 Å². The predicted molar refractivity (Wildman–Crippen MR) is 87.2 cm³/mol. The van der Waals surface area contributed by atoms with Gasteiger partial charge in [0.05, 0.1) is 22.3 Å². The van der Waals surface area contributed by atoms with Crippen LogP contribution in [0.2, 0.25) is 0 Å². The summed E-state index contributed by atoms with van der Waals surface area (Å²) in [6.45, 7) is 4.54. The second-order valence-electron chi connectivity index (χ2n) is 5.83. The number of nitrogens with two attached hydrogens (primary N) is 1. The third kappa shape index (κ3) is 5.89. The first-order chi connectivity index (χ1) is 10.0. The Morgan fingerprint density at radius 2 is 2.14 bits per heavy atom. The second kappa shape index (κ2) is 7.79. The van der Waals surface area contributed by atoms with Crippen LogP contribution in [0.4, 0.5) is 8.78 Å². The Labute approximate surface area is 140 Å². The van der Waals surface area contributed by atoms with Gasteiger partial charge in [-0.15, -0.1) is 0 Å². The molecule has 1 unspecified atom stereocenters. The molecule has 126 valence electrons. The van der Waals surface area contributed by atoms with E-state index >= 15 is 0 Å². The maximum absolute atomic E-state index is 14.1. The lowest BCUT2D eigenvalue weighted by Crippen LogP contribution is -2.39. The number of pyridine rings is 1. The van der Waals surface area contributed by atoms with E-state index in [0.29, 0.717) is 5.88 Å². The van der Waals surface area contributed by atoms with E-state index < -0.39 is 34.0 Å². The number of hydrogen-bond donors (Lipinski definition) is 1. The summed E-state index contributed by atoms with van der Waals surface area (Å²) in [6, 6.07) is 3.33. The fourth-order valence-corrected chi connectivity index (χ4v) is 2.70. The van der Waals surface area contributed by atoms with E-state index in [-0.39, 0.29) is 13.0 Å². The number of aromatic nitrogens is 1. The van der Waals surface area contributed by atoms with Crippen LogP contribution in [0, 0.1) is 5.92 Å². The first kappa shape index (κ1) is 19.4. The highest BCUT2D eigenvalue weighted by Gasteiger charge is 2.40. The number of alkyl halides is 2. The molecule has 0 radical (unpaired) electrons. The van der Waals surface area contributed by atoms with E-state index in [1.54, 1.807) is 26.0 Å². The Morgan fingerprint density at radius 1 is 1.50 bits per heavy atom. The smallest absolute Gasteiger partial charge is 0.253 e. The molecule has 1 aromatic heterocycles. The summed E-state index contributed by atoms with van der Waals surface area (Å²) in [5, 5.41) is 5.34. The minimum Gasteiger partial charge on any atom is -0.477 e. The van der Waals surface area contributed by atoms with Crippen molar-refractivity contribution in [2.45, 2.75) is 44.3 Å². The Morgan fingerprint density at radius 3 is 2.68 bits per heavy atom. The van der Waals surface area contributed by atoms with Crippen molar-refractivity contribution in [3.8, 4) is 5.88 Å². The molecule has 0 saturated carbocycles. The largest absolute Gasteiger partial charge is 0.477 e. The maximum Gasteiger partial charge on any atom is 0.253 e. The molecule has 0 fully saturated rings. The molecule has 0 aromatic carbocycles. The summed E-state index contributed by atoms with van der Waals surface area (Å²) in [5.74, 6) is -3.59. The zero-order valence-electron chi connectivity index (χ0n) is 12.8. The average Bonchev–Trinajstić information content (AvgIpc) is 2.37. The summed E-state index contributed by atoms with van der Waals surface area (Å²) in [5.41, 5.74) is 0. The highest BCUT2D eigenvalue weighted by Crippen LogP contribution is 2.35. The van der Waals surface area contributed by atoms with Crippen LogP contribution < -0.4 is 9.88 Å². The number of nitrogens with zero attached hydrogens (tertiary/aromatic N) is 1. The van der Waals surface area contributed by atoms with Crippen molar-refractivity contribution in [1.29, 1.82) is 0 Å². The van der Waals surface area contributed by atoms with Gasteiger partial charge in [-0.1, -0.05) is 22.9 Å². The molecule has 4 nitrogen and oxygen atoms in total. The summed E-state index contributed by atoms with van der Waals surface area (Å²) in [7, 11) is -1.65. The van der Waals surface area contributed by atoms with Crippen LogP contribution in [-0.4, -0.2) is 26.5 Å². The predicted octanol–water partition coefficient (Wildman–Crippen LogP) is 3.68. The van der Waals surface area contributed by atoms with Gasteiger partial charge in [0.15, 0.2) is 0 Å². The third-order valence-electron chi connectivity index (χ3n) is 3.45.